The van der Waals surface area contributed by atoms with Crippen LogP contribution in [0.25, 0.3) is 0 Å². The van der Waals surface area contributed by atoms with Gasteiger partial charge in [-0.3, -0.25) is 9.59 Å². The fraction of sp³-hybridized carbons (Fsp3) is 0.389. The van der Waals surface area contributed by atoms with Crippen molar-refractivity contribution in [3.8, 4) is 0 Å². The molecule has 1 atom stereocenters. The molecule has 1 N–H and O–H groups in total. The summed E-state index contributed by atoms with van der Waals surface area (Å²) >= 11 is 0. The maximum Gasteiger partial charge on any atom is 0.240 e. The average Bonchev–Trinajstić information content (AvgIpc) is 2.89. The number of carbonyl (C=O) groups excluding carboxylic acids is 2. The van der Waals surface area contributed by atoms with E-state index in [1.807, 2.05) is 42.7 Å². The Labute approximate surface area is 141 Å². The van der Waals surface area contributed by atoms with Crippen molar-refractivity contribution >= 4 is 17.5 Å². The molecule has 1 aliphatic rings. The molecule has 3 rings (SSSR count). The van der Waals surface area contributed by atoms with E-state index in [-0.39, 0.29) is 24.3 Å². The van der Waals surface area contributed by atoms with Crippen molar-refractivity contribution in [3.05, 3.63) is 47.5 Å². The van der Waals surface area contributed by atoms with Gasteiger partial charge in [0.1, 0.15) is 6.54 Å². The molecule has 2 amide bonds. The van der Waals surface area contributed by atoms with Gasteiger partial charge in [-0.25, -0.2) is 4.98 Å². The molecule has 0 aliphatic carbocycles. The third kappa shape index (κ3) is 3.04. The molecule has 0 fully saturated rings. The number of benzene rings is 1. The van der Waals surface area contributed by atoms with Gasteiger partial charge in [-0.2, -0.15) is 0 Å². The molecule has 1 aromatic heterocycles. The number of nitrogens with one attached hydrogen (secondary N) is 1. The van der Waals surface area contributed by atoms with Crippen molar-refractivity contribution in [2.75, 3.05) is 18.5 Å². The van der Waals surface area contributed by atoms with Gasteiger partial charge in [0, 0.05) is 37.3 Å². The number of imidazole rings is 1. The molecule has 0 saturated carbocycles. The standard InChI is InChI=1S/C18H22N4O2/c1-12-13(2)22(11-20-12)10-17(23)19-9-14-8-18(24)21(3)16-7-5-4-6-15(14)16/h4-7,11,14H,8-10H2,1-3H3,(H,19,23)/t14-/m0/s1. The number of anilines is 1. The molecule has 1 aromatic carbocycles. The minimum Gasteiger partial charge on any atom is -0.354 e. The molecule has 126 valence electrons. The Hall–Kier alpha value is -2.63. The van der Waals surface area contributed by atoms with E-state index in [9.17, 15) is 9.59 Å². The Morgan fingerprint density at radius 3 is 2.79 bits per heavy atom. The zero-order chi connectivity index (χ0) is 17.3. The van der Waals surface area contributed by atoms with Crippen LogP contribution in [0.2, 0.25) is 0 Å². The molecule has 0 spiro atoms. The van der Waals surface area contributed by atoms with Crippen LogP contribution in [0.15, 0.2) is 30.6 Å². The zero-order valence-electron chi connectivity index (χ0n) is 14.2. The molecule has 1 aliphatic heterocycles. The molecule has 6 nitrogen and oxygen atoms in total. The highest BCUT2D eigenvalue weighted by atomic mass is 16.2. The molecule has 0 bridgehead atoms. The van der Waals surface area contributed by atoms with Gasteiger partial charge in [0.2, 0.25) is 11.8 Å². The number of hydrogen-bond donors (Lipinski definition) is 1. The minimum atomic E-state index is -0.0700. The van der Waals surface area contributed by atoms with Crippen molar-refractivity contribution in [1.29, 1.82) is 0 Å². The van der Waals surface area contributed by atoms with Gasteiger partial charge >= 0.3 is 0 Å². The number of carbonyl (C=O) groups is 2. The van der Waals surface area contributed by atoms with Gasteiger partial charge in [-0.15, -0.1) is 0 Å². The SMILES string of the molecule is Cc1ncn(CC(=O)NC[C@@H]2CC(=O)N(C)c3ccccc32)c1C. The predicted molar refractivity (Wildman–Crippen MR) is 91.9 cm³/mol. The van der Waals surface area contributed by atoms with E-state index >= 15 is 0 Å². The maximum absolute atomic E-state index is 12.2. The fourth-order valence-corrected chi connectivity index (χ4v) is 3.06. The monoisotopic (exact) mass is 326 g/mol. The number of aryl methyl sites for hydroxylation is 1. The van der Waals surface area contributed by atoms with Crippen LogP contribution < -0.4 is 10.2 Å². The summed E-state index contributed by atoms with van der Waals surface area (Å²) in [5.74, 6) is 0.0212. The largest absolute Gasteiger partial charge is 0.354 e. The number of nitrogens with zero attached hydrogens (tertiary/aromatic N) is 3. The summed E-state index contributed by atoms with van der Waals surface area (Å²) in [6, 6.07) is 7.86. The lowest BCUT2D eigenvalue weighted by atomic mass is 9.89. The Balaban J connectivity index is 1.66. The van der Waals surface area contributed by atoms with E-state index in [1.54, 1.807) is 18.3 Å². The first-order chi connectivity index (χ1) is 11.5. The fourth-order valence-electron chi connectivity index (χ4n) is 3.06. The van der Waals surface area contributed by atoms with Gasteiger partial charge in [0.15, 0.2) is 0 Å². The van der Waals surface area contributed by atoms with E-state index in [2.05, 4.69) is 10.3 Å². The summed E-state index contributed by atoms with van der Waals surface area (Å²) in [7, 11) is 1.79. The Morgan fingerprint density at radius 2 is 2.08 bits per heavy atom. The van der Waals surface area contributed by atoms with Crippen LogP contribution in [0, 0.1) is 13.8 Å². The second-order valence-electron chi connectivity index (χ2n) is 6.26. The highest BCUT2D eigenvalue weighted by molar-refractivity contribution is 5.96. The predicted octanol–water partition coefficient (Wildman–Crippen LogP) is 1.77. The van der Waals surface area contributed by atoms with E-state index in [1.165, 1.54) is 0 Å². The summed E-state index contributed by atoms with van der Waals surface area (Å²) in [6.45, 7) is 4.57. The zero-order valence-corrected chi connectivity index (χ0v) is 14.2. The van der Waals surface area contributed by atoms with Crippen molar-refractivity contribution in [2.45, 2.75) is 32.7 Å². The third-order valence-electron chi connectivity index (χ3n) is 4.74. The first-order valence-electron chi connectivity index (χ1n) is 8.08. The number of hydrogen-bond acceptors (Lipinski definition) is 3. The van der Waals surface area contributed by atoms with Crippen LogP contribution in [0.1, 0.15) is 29.3 Å². The smallest absolute Gasteiger partial charge is 0.240 e. The third-order valence-corrected chi connectivity index (χ3v) is 4.74. The Bertz CT molecular complexity index is 781. The van der Waals surface area contributed by atoms with E-state index < -0.39 is 0 Å². The summed E-state index contributed by atoms with van der Waals surface area (Å²) in [5, 5.41) is 2.96. The van der Waals surface area contributed by atoms with Crippen molar-refractivity contribution < 1.29 is 9.59 Å². The van der Waals surface area contributed by atoms with Gasteiger partial charge in [-0.05, 0) is 25.5 Å². The molecule has 0 radical (unpaired) electrons. The van der Waals surface area contributed by atoms with Crippen molar-refractivity contribution in [1.82, 2.24) is 14.9 Å². The Morgan fingerprint density at radius 1 is 1.33 bits per heavy atom. The summed E-state index contributed by atoms with van der Waals surface area (Å²) < 4.78 is 1.83. The van der Waals surface area contributed by atoms with Gasteiger partial charge in [-0.1, -0.05) is 18.2 Å². The van der Waals surface area contributed by atoms with E-state index in [0.29, 0.717) is 13.0 Å². The molecular formula is C18H22N4O2. The molecule has 24 heavy (non-hydrogen) atoms. The van der Waals surface area contributed by atoms with Crippen LogP contribution in [-0.2, 0) is 16.1 Å². The quantitative estimate of drug-likeness (QED) is 0.931. The van der Waals surface area contributed by atoms with E-state index in [4.69, 9.17) is 0 Å². The lowest BCUT2D eigenvalue weighted by Crippen LogP contribution is -2.38. The minimum absolute atomic E-state index is 0.0134. The molecule has 2 heterocycles. The molecule has 2 aromatic rings. The maximum atomic E-state index is 12.2. The van der Waals surface area contributed by atoms with Crippen molar-refractivity contribution in [2.24, 2.45) is 0 Å². The van der Waals surface area contributed by atoms with Crippen LogP contribution in [-0.4, -0.2) is 35.0 Å². The lowest BCUT2D eigenvalue weighted by Gasteiger charge is -2.31. The normalized spacial score (nSPS) is 16.9. The summed E-state index contributed by atoms with van der Waals surface area (Å²) in [6.07, 6.45) is 2.09. The second kappa shape index (κ2) is 6.47. The summed E-state index contributed by atoms with van der Waals surface area (Å²) in [4.78, 5) is 30.3. The lowest BCUT2D eigenvalue weighted by molar-refractivity contribution is -0.122. The second-order valence-corrected chi connectivity index (χ2v) is 6.26. The first kappa shape index (κ1) is 16.2. The molecule has 6 heteroatoms. The van der Waals surface area contributed by atoms with Crippen LogP contribution in [0.3, 0.4) is 0 Å². The van der Waals surface area contributed by atoms with Crippen LogP contribution >= 0.6 is 0 Å². The summed E-state index contributed by atoms with van der Waals surface area (Å²) in [5.41, 5.74) is 3.95. The number of rotatable bonds is 4. The van der Waals surface area contributed by atoms with E-state index in [0.717, 1.165) is 22.6 Å². The van der Waals surface area contributed by atoms with Crippen molar-refractivity contribution in [3.63, 3.8) is 0 Å². The average molecular weight is 326 g/mol. The molecule has 0 saturated heterocycles. The number of amides is 2. The van der Waals surface area contributed by atoms with Gasteiger partial charge in [0.25, 0.3) is 0 Å². The molecule has 0 unspecified atom stereocenters. The number of para-hydroxylation sites is 1. The molecular weight excluding hydrogens is 304 g/mol. The highest BCUT2D eigenvalue weighted by Crippen LogP contribution is 2.34. The topological polar surface area (TPSA) is 67.2 Å². The van der Waals surface area contributed by atoms with Crippen LogP contribution in [0.4, 0.5) is 5.69 Å². The van der Waals surface area contributed by atoms with Gasteiger partial charge in [0.05, 0.1) is 12.0 Å². The number of aromatic nitrogens is 2. The van der Waals surface area contributed by atoms with Gasteiger partial charge < -0.3 is 14.8 Å². The number of fused-ring (bicyclic) bond motifs is 1. The van der Waals surface area contributed by atoms with Crippen LogP contribution in [0.5, 0.6) is 0 Å². The first-order valence-corrected chi connectivity index (χ1v) is 8.08. The Kier molecular flexibility index (Phi) is 4.38. The highest BCUT2D eigenvalue weighted by Gasteiger charge is 2.28.